The number of nitrogens with zero attached hydrogens (tertiary/aromatic N) is 5. The fourth-order valence-electron chi connectivity index (χ4n) is 6.02. The van der Waals surface area contributed by atoms with E-state index in [1.54, 1.807) is 6.20 Å². The van der Waals surface area contributed by atoms with Gasteiger partial charge in [0.15, 0.2) is 0 Å². The van der Waals surface area contributed by atoms with E-state index in [1.807, 2.05) is 48.8 Å². The van der Waals surface area contributed by atoms with Crippen molar-refractivity contribution in [3.63, 3.8) is 0 Å². The van der Waals surface area contributed by atoms with Crippen LogP contribution in [0.4, 0.5) is 5.82 Å². The molecule has 2 aliphatic rings. The zero-order chi connectivity index (χ0) is 27.6. The Morgan fingerprint density at radius 1 is 1.07 bits per heavy atom. The minimum absolute atomic E-state index is 0.0335. The number of primary amides is 1. The quantitative estimate of drug-likeness (QED) is 0.315. The highest BCUT2D eigenvalue weighted by Crippen LogP contribution is 2.43. The van der Waals surface area contributed by atoms with Crippen LogP contribution in [0, 0.1) is 11.8 Å². The van der Waals surface area contributed by atoms with Crippen molar-refractivity contribution in [2.75, 3.05) is 25.4 Å². The average molecular weight is 534 g/mol. The second-order valence-electron chi connectivity index (χ2n) is 11.1. The molecule has 0 radical (unpaired) electrons. The molecule has 4 N–H and O–H groups in total. The zero-order valence-corrected chi connectivity index (χ0v) is 22.6. The number of imidazole rings is 1. The summed E-state index contributed by atoms with van der Waals surface area (Å²) in [5.41, 5.74) is 17.2. The van der Waals surface area contributed by atoms with Crippen LogP contribution in [-0.2, 0) is 4.79 Å². The lowest BCUT2D eigenvalue weighted by molar-refractivity contribution is -0.123. The third-order valence-electron chi connectivity index (χ3n) is 8.35. The van der Waals surface area contributed by atoms with Crippen LogP contribution in [0.5, 0.6) is 0 Å². The summed E-state index contributed by atoms with van der Waals surface area (Å²) in [6.07, 6.45) is 13.4. The fraction of sp³-hybridized carbons (Fsp3) is 0.312. The molecule has 40 heavy (non-hydrogen) atoms. The van der Waals surface area contributed by atoms with Crippen molar-refractivity contribution >= 4 is 28.9 Å². The van der Waals surface area contributed by atoms with E-state index in [1.165, 1.54) is 0 Å². The summed E-state index contributed by atoms with van der Waals surface area (Å²) in [7, 11) is 0. The predicted octanol–water partition coefficient (Wildman–Crippen LogP) is 4.79. The number of likely N-dealkylation sites (tertiary alicyclic amines) is 1. The van der Waals surface area contributed by atoms with Gasteiger partial charge in [0.1, 0.15) is 17.2 Å². The highest BCUT2D eigenvalue weighted by molar-refractivity contribution is 5.88. The number of rotatable bonds is 8. The van der Waals surface area contributed by atoms with Crippen molar-refractivity contribution in [1.29, 1.82) is 0 Å². The summed E-state index contributed by atoms with van der Waals surface area (Å²) in [5, 5.41) is 0. The molecule has 1 aromatic carbocycles. The molecule has 0 atom stereocenters. The molecule has 1 saturated heterocycles. The first-order chi connectivity index (χ1) is 19.5. The maximum Gasteiger partial charge on any atom is 0.220 e. The number of piperidine rings is 1. The molecular weight excluding hydrogens is 498 g/mol. The Morgan fingerprint density at radius 2 is 1.85 bits per heavy atom. The summed E-state index contributed by atoms with van der Waals surface area (Å²) < 4.78 is 2.09. The van der Waals surface area contributed by atoms with E-state index >= 15 is 0 Å². The normalized spacial score (nSPS) is 20.1. The van der Waals surface area contributed by atoms with Crippen LogP contribution in [0.2, 0.25) is 0 Å². The van der Waals surface area contributed by atoms with Gasteiger partial charge >= 0.3 is 0 Å². The third kappa shape index (κ3) is 5.27. The molecule has 1 saturated carbocycles. The number of carbonyl (C=O) groups is 1. The SMILES string of the molecule is C=C(/C=C\c1ccc(-c2ccccc2)nc1)c1nc(C2CC(CN3CCC(C(N)=O)CC3)C2)n2ccnc(N)c12. The van der Waals surface area contributed by atoms with E-state index in [2.05, 4.69) is 44.0 Å². The molecule has 8 nitrogen and oxygen atoms in total. The number of nitrogen functional groups attached to an aromatic ring is 1. The second kappa shape index (κ2) is 11.1. The Bertz CT molecular complexity index is 1540. The van der Waals surface area contributed by atoms with Crippen molar-refractivity contribution in [3.05, 3.63) is 90.8 Å². The molecule has 1 aliphatic heterocycles. The van der Waals surface area contributed by atoms with Gasteiger partial charge in [-0.1, -0.05) is 55.1 Å². The monoisotopic (exact) mass is 533 g/mol. The maximum atomic E-state index is 11.5. The van der Waals surface area contributed by atoms with Crippen molar-refractivity contribution in [1.82, 2.24) is 24.3 Å². The van der Waals surface area contributed by atoms with Crippen molar-refractivity contribution in [2.45, 2.75) is 31.6 Å². The minimum atomic E-state index is -0.159. The van der Waals surface area contributed by atoms with Crippen molar-refractivity contribution < 1.29 is 4.79 Å². The number of aromatic nitrogens is 4. The number of carbonyl (C=O) groups excluding carboxylic acids is 1. The molecule has 0 spiro atoms. The minimum Gasteiger partial charge on any atom is -0.382 e. The van der Waals surface area contributed by atoms with Crippen LogP contribution in [0.15, 0.2) is 73.7 Å². The molecule has 8 heteroatoms. The number of fused-ring (bicyclic) bond motifs is 1. The lowest BCUT2D eigenvalue weighted by atomic mass is 9.74. The Balaban J connectivity index is 1.14. The van der Waals surface area contributed by atoms with E-state index in [0.29, 0.717) is 17.7 Å². The van der Waals surface area contributed by atoms with Gasteiger partial charge in [-0.15, -0.1) is 0 Å². The number of anilines is 1. The largest absolute Gasteiger partial charge is 0.382 e. The van der Waals surface area contributed by atoms with Gasteiger partial charge < -0.3 is 16.4 Å². The Labute approximate surface area is 234 Å². The number of hydrogen-bond acceptors (Lipinski definition) is 6. The maximum absolute atomic E-state index is 11.5. The van der Waals surface area contributed by atoms with Gasteiger partial charge in [0, 0.05) is 42.5 Å². The average Bonchev–Trinajstić information content (AvgIpc) is 3.35. The lowest BCUT2D eigenvalue weighted by Gasteiger charge is -2.40. The van der Waals surface area contributed by atoms with Gasteiger partial charge in [-0.2, -0.15) is 0 Å². The summed E-state index contributed by atoms with van der Waals surface area (Å²) in [4.78, 5) is 28.0. The van der Waals surface area contributed by atoms with Crippen molar-refractivity contribution in [3.8, 4) is 11.3 Å². The number of nitrogens with two attached hydrogens (primary N) is 2. The Hall–Kier alpha value is -4.30. The molecule has 204 valence electrons. The van der Waals surface area contributed by atoms with Gasteiger partial charge in [0.05, 0.1) is 11.4 Å². The van der Waals surface area contributed by atoms with Crippen LogP contribution in [0.25, 0.3) is 28.4 Å². The van der Waals surface area contributed by atoms with E-state index in [-0.39, 0.29) is 11.8 Å². The van der Waals surface area contributed by atoms with Crippen molar-refractivity contribution in [2.24, 2.45) is 17.6 Å². The first-order valence-electron chi connectivity index (χ1n) is 14.0. The predicted molar refractivity (Wildman–Crippen MR) is 159 cm³/mol. The molecule has 3 aromatic heterocycles. The first-order valence-corrected chi connectivity index (χ1v) is 14.0. The van der Waals surface area contributed by atoms with Crippen LogP contribution in [0.3, 0.4) is 0 Å². The molecule has 0 unspecified atom stereocenters. The van der Waals surface area contributed by atoms with Crippen LogP contribution in [0.1, 0.15) is 48.7 Å². The molecule has 1 amide bonds. The summed E-state index contributed by atoms with van der Waals surface area (Å²) in [5.74, 6) is 2.33. The Kier molecular flexibility index (Phi) is 7.17. The number of benzene rings is 1. The third-order valence-corrected chi connectivity index (χ3v) is 8.35. The van der Waals surface area contributed by atoms with E-state index in [9.17, 15) is 4.79 Å². The number of pyridine rings is 1. The number of hydrogen-bond donors (Lipinski definition) is 2. The van der Waals surface area contributed by atoms with Gasteiger partial charge in [-0.05, 0) is 61.9 Å². The smallest absolute Gasteiger partial charge is 0.220 e. The molecular formula is C32H35N7O. The number of amides is 1. The summed E-state index contributed by atoms with van der Waals surface area (Å²) in [6.45, 7) is 7.28. The molecule has 4 aromatic rings. The molecule has 2 fully saturated rings. The molecule has 0 bridgehead atoms. The zero-order valence-electron chi connectivity index (χ0n) is 22.6. The standard InChI is InChI=1S/C32H35N7O/c1-21(7-8-22-9-10-27(36-19-22)24-5-3-2-4-6-24)28-29-30(33)35-13-16-39(29)32(37-28)26-17-23(18-26)20-38-14-11-25(12-15-38)31(34)40/h2-10,13,16,19,23,25-26H,1,11-12,14-15,17-18,20H2,(H2,33,35)(H2,34,40)/b8-7-. The highest BCUT2D eigenvalue weighted by Gasteiger charge is 2.36. The van der Waals surface area contributed by atoms with E-state index < -0.39 is 0 Å². The van der Waals surface area contributed by atoms with E-state index in [0.717, 1.165) is 84.7 Å². The first kappa shape index (κ1) is 26.0. The fourth-order valence-corrected chi connectivity index (χ4v) is 6.02. The summed E-state index contributed by atoms with van der Waals surface area (Å²) >= 11 is 0. The van der Waals surface area contributed by atoms with E-state index in [4.69, 9.17) is 16.5 Å². The van der Waals surface area contributed by atoms with Gasteiger partial charge in [-0.25, -0.2) is 9.97 Å². The lowest BCUT2D eigenvalue weighted by Crippen LogP contribution is -2.42. The second-order valence-corrected chi connectivity index (χ2v) is 11.1. The molecule has 4 heterocycles. The molecule has 6 rings (SSSR count). The number of allylic oxidation sites excluding steroid dienone is 2. The van der Waals surface area contributed by atoms with Crippen LogP contribution < -0.4 is 11.5 Å². The highest BCUT2D eigenvalue weighted by atomic mass is 16.1. The van der Waals surface area contributed by atoms with Gasteiger partial charge in [0.2, 0.25) is 5.91 Å². The van der Waals surface area contributed by atoms with Gasteiger partial charge in [0.25, 0.3) is 0 Å². The topological polar surface area (TPSA) is 115 Å². The van der Waals surface area contributed by atoms with Gasteiger partial charge in [-0.3, -0.25) is 14.2 Å². The Morgan fingerprint density at radius 3 is 2.55 bits per heavy atom. The van der Waals surface area contributed by atoms with Crippen LogP contribution >= 0.6 is 0 Å². The summed E-state index contributed by atoms with van der Waals surface area (Å²) in [6, 6.07) is 14.2. The van der Waals surface area contributed by atoms with Crippen LogP contribution in [-0.4, -0.2) is 49.8 Å². The molecule has 1 aliphatic carbocycles.